The van der Waals surface area contributed by atoms with E-state index in [1.54, 1.807) is 6.07 Å². The van der Waals surface area contributed by atoms with E-state index >= 15 is 0 Å². The summed E-state index contributed by atoms with van der Waals surface area (Å²) in [5.74, 6) is 0. The number of nitrogens with two attached hydrogens (primary N) is 1. The molecule has 0 aliphatic rings. The van der Waals surface area contributed by atoms with Crippen LogP contribution >= 0.6 is 0 Å². The van der Waals surface area contributed by atoms with Crippen molar-refractivity contribution >= 4 is 0 Å². The summed E-state index contributed by atoms with van der Waals surface area (Å²) in [5.41, 5.74) is 4.75. The van der Waals surface area contributed by atoms with Crippen molar-refractivity contribution in [2.75, 3.05) is 0 Å². The standard InChI is InChI=1S/C4H6F2N2/c5-4(6)3(8)1-2-7/h3-4H,1,8H2. The lowest BCUT2D eigenvalue weighted by atomic mass is 10.2. The molecule has 0 aromatic rings. The molecule has 0 amide bonds. The third-order valence-corrected chi connectivity index (χ3v) is 0.651. The molecule has 4 heteroatoms. The van der Waals surface area contributed by atoms with Gasteiger partial charge in [0, 0.05) is 0 Å². The summed E-state index contributed by atoms with van der Waals surface area (Å²) in [5, 5.41) is 7.82. The molecule has 2 nitrogen and oxygen atoms in total. The van der Waals surface area contributed by atoms with Crippen LogP contribution in [0.5, 0.6) is 0 Å². The molecule has 1 atom stereocenters. The molecule has 0 bridgehead atoms. The van der Waals surface area contributed by atoms with Gasteiger partial charge in [-0.05, 0) is 0 Å². The van der Waals surface area contributed by atoms with Crippen molar-refractivity contribution in [2.45, 2.75) is 18.9 Å². The normalized spacial score (nSPS) is 13.4. The van der Waals surface area contributed by atoms with Crippen molar-refractivity contribution in [2.24, 2.45) is 5.73 Å². The minimum Gasteiger partial charge on any atom is -0.322 e. The Kier molecular flexibility index (Phi) is 3.04. The molecule has 0 fully saturated rings. The minimum absolute atomic E-state index is 0.280. The molecular formula is C4H6F2N2. The molecule has 0 rings (SSSR count). The van der Waals surface area contributed by atoms with Gasteiger partial charge in [-0.25, -0.2) is 8.78 Å². The summed E-state index contributed by atoms with van der Waals surface area (Å²) in [6, 6.07) is 0.266. The fraction of sp³-hybridized carbons (Fsp3) is 0.750. The fourth-order valence-electron chi connectivity index (χ4n) is 0.194. The maximum Gasteiger partial charge on any atom is 0.254 e. The first-order chi connectivity index (χ1) is 3.68. The van der Waals surface area contributed by atoms with Crippen LogP contribution in [0.2, 0.25) is 0 Å². The second-order valence-electron chi connectivity index (χ2n) is 1.36. The van der Waals surface area contributed by atoms with Gasteiger partial charge in [-0.3, -0.25) is 0 Å². The smallest absolute Gasteiger partial charge is 0.254 e. The molecule has 0 aliphatic carbocycles. The first-order valence-corrected chi connectivity index (χ1v) is 2.09. The van der Waals surface area contributed by atoms with Crippen LogP contribution in [0.1, 0.15) is 6.42 Å². The van der Waals surface area contributed by atoms with Gasteiger partial charge < -0.3 is 5.73 Å². The molecule has 0 saturated carbocycles. The second-order valence-corrected chi connectivity index (χ2v) is 1.36. The average Bonchev–Trinajstić information content (AvgIpc) is 1.67. The number of alkyl halides is 2. The Morgan fingerprint density at radius 2 is 2.12 bits per heavy atom. The van der Waals surface area contributed by atoms with Gasteiger partial charge in [-0.1, -0.05) is 0 Å². The zero-order valence-electron chi connectivity index (χ0n) is 4.14. The van der Waals surface area contributed by atoms with Gasteiger partial charge in [0.05, 0.1) is 18.5 Å². The summed E-state index contributed by atoms with van der Waals surface area (Å²) in [7, 11) is 0. The van der Waals surface area contributed by atoms with Gasteiger partial charge in [-0.15, -0.1) is 0 Å². The molecule has 0 radical (unpaired) electrons. The summed E-state index contributed by atoms with van der Waals surface area (Å²) >= 11 is 0. The van der Waals surface area contributed by atoms with E-state index in [0.29, 0.717) is 0 Å². The maximum atomic E-state index is 11.3. The van der Waals surface area contributed by atoms with Gasteiger partial charge >= 0.3 is 0 Å². The van der Waals surface area contributed by atoms with Gasteiger partial charge in [0.1, 0.15) is 0 Å². The summed E-state index contributed by atoms with van der Waals surface area (Å²) < 4.78 is 22.7. The average molecular weight is 120 g/mol. The molecule has 0 aromatic carbocycles. The molecular weight excluding hydrogens is 114 g/mol. The zero-order chi connectivity index (χ0) is 6.57. The van der Waals surface area contributed by atoms with Crippen molar-refractivity contribution in [1.82, 2.24) is 0 Å². The van der Waals surface area contributed by atoms with E-state index in [0.717, 1.165) is 0 Å². The summed E-state index contributed by atoms with van der Waals surface area (Å²) in [4.78, 5) is 0. The zero-order valence-corrected chi connectivity index (χ0v) is 4.14. The van der Waals surface area contributed by atoms with Crippen molar-refractivity contribution in [3.8, 4) is 6.07 Å². The maximum absolute atomic E-state index is 11.3. The lowest BCUT2D eigenvalue weighted by Gasteiger charge is -2.02. The van der Waals surface area contributed by atoms with E-state index in [1.807, 2.05) is 0 Å². The highest BCUT2D eigenvalue weighted by atomic mass is 19.3. The van der Waals surface area contributed by atoms with Crippen LogP contribution < -0.4 is 5.73 Å². The molecule has 2 N–H and O–H groups in total. The number of rotatable bonds is 2. The molecule has 1 unspecified atom stereocenters. The SMILES string of the molecule is N#CCC(N)C(F)F. The van der Waals surface area contributed by atoms with E-state index in [1.165, 1.54) is 0 Å². The van der Waals surface area contributed by atoms with E-state index in [4.69, 9.17) is 11.0 Å². The number of hydrogen-bond acceptors (Lipinski definition) is 2. The van der Waals surface area contributed by atoms with Crippen LogP contribution in [-0.2, 0) is 0 Å². The fourth-order valence-corrected chi connectivity index (χ4v) is 0.194. The van der Waals surface area contributed by atoms with Gasteiger partial charge in [-0.2, -0.15) is 5.26 Å². The Balaban J connectivity index is 3.35. The van der Waals surface area contributed by atoms with Crippen molar-refractivity contribution in [3.05, 3.63) is 0 Å². The Morgan fingerprint density at radius 1 is 1.62 bits per heavy atom. The van der Waals surface area contributed by atoms with Crippen LogP contribution in [0.15, 0.2) is 0 Å². The van der Waals surface area contributed by atoms with Crippen molar-refractivity contribution < 1.29 is 8.78 Å². The third kappa shape index (κ3) is 2.48. The monoisotopic (exact) mass is 120 g/mol. The number of halogens is 2. The quantitative estimate of drug-likeness (QED) is 0.576. The highest BCUT2D eigenvalue weighted by molar-refractivity contribution is 4.79. The van der Waals surface area contributed by atoms with Crippen LogP contribution in [0.4, 0.5) is 8.78 Å². The number of nitriles is 1. The largest absolute Gasteiger partial charge is 0.322 e. The number of hydrogen-bond donors (Lipinski definition) is 1. The molecule has 46 valence electrons. The van der Waals surface area contributed by atoms with Crippen molar-refractivity contribution in [1.29, 1.82) is 5.26 Å². The van der Waals surface area contributed by atoms with Gasteiger partial charge in [0.25, 0.3) is 6.43 Å². The lowest BCUT2D eigenvalue weighted by Crippen LogP contribution is -2.27. The first kappa shape index (κ1) is 7.31. The van der Waals surface area contributed by atoms with E-state index in [9.17, 15) is 8.78 Å². The van der Waals surface area contributed by atoms with Crippen LogP contribution in [0.3, 0.4) is 0 Å². The van der Waals surface area contributed by atoms with Crippen molar-refractivity contribution in [3.63, 3.8) is 0 Å². The molecule has 0 saturated heterocycles. The lowest BCUT2D eigenvalue weighted by molar-refractivity contribution is 0.117. The molecule has 0 heterocycles. The predicted molar refractivity (Wildman–Crippen MR) is 24.2 cm³/mol. The van der Waals surface area contributed by atoms with E-state index < -0.39 is 12.5 Å². The Hall–Kier alpha value is -0.690. The topological polar surface area (TPSA) is 49.8 Å². The molecule has 0 aliphatic heterocycles. The Labute approximate surface area is 45.9 Å². The molecule has 0 aromatic heterocycles. The van der Waals surface area contributed by atoms with Crippen LogP contribution in [0, 0.1) is 11.3 Å². The third-order valence-electron chi connectivity index (χ3n) is 0.651. The summed E-state index contributed by atoms with van der Waals surface area (Å²) in [6.07, 6.45) is -2.85. The molecule has 0 spiro atoms. The van der Waals surface area contributed by atoms with E-state index in [-0.39, 0.29) is 6.42 Å². The van der Waals surface area contributed by atoms with Gasteiger partial charge in [0.2, 0.25) is 0 Å². The highest BCUT2D eigenvalue weighted by Crippen LogP contribution is 1.99. The predicted octanol–water partition coefficient (Wildman–Crippen LogP) is 0.492. The Morgan fingerprint density at radius 3 is 2.25 bits per heavy atom. The summed E-state index contributed by atoms with van der Waals surface area (Å²) in [6.45, 7) is 0. The molecule has 8 heavy (non-hydrogen) atoms. The van der Waals surface area contributed by atoms with Crippen LogP contribution in [0.25, 0.3) is 0 Å². The minimum atomic E-state index is -2.57. The highest BCUT2D eigenvalue weighted by Gasteiger charge is 2.13. The van der Waals surface area contributed by atoms with Gasteiger partial charge in [0.15, 0.2) is 0 Å². The Bertz CT molecular complexity index is 96.7. The first-order valence-electron chi connectivity index (χ1n) is 2.09. The van der Waals surface area contributed by atoms with E-state index in [2.05, 4.69) is 0 Å². The number of nitrogens with zero attached hydrogens (tertiary/aromatic N) is 1. The second kappa shape index (κ2) is 3.33. The van der Waals surface area contributed by atoms with Crippen LogP contribution in [-0.4, -0.2) is 12.5 Å².